The number of aromatic nitrogens is 1. The summed E-state index contributed by atoms with van der Waals surface area (Å²) in [7, 11) is 0. The van der Waals surface area contributed by atoms with Crippen molar-refractivity contribution >= 4 is 11.3 Å². The minimum absolute atomic E-state index is 0.0486. The van der Waals surface area contributed by atoms with Gasteiger partial charge in [-0.2, -0.15) is 0 Å². The topological polar surface area (TPSA) is 46.2 Å². The molecule has 0 bridgehead atoms. The molecule has 0 aromatic carbocycles. The van der Waals surface area contributed by atoms with Gasteiger partial charge in [0.15, 0.2) is 0 Å². The summed E-state index contributed by atoms with van der Waals surface area (Å²) in [6.07, 6.45) is 1.85. The van der Waals surface area contributed by atoms with Crippen molar-refractivity contribution in [3.8, 4) is 0 Å². The van der Waals surface area contributed by atoms with Crippen LogP contribution in [-0.4, -0.2) is 36.8 Å². The van der Waals surface area contributed by atoms with E-state index in [2.05, 4.69) is 36.4 Å². The van der Waals surface area contributed by atoms with Crippen molar-refractivity contribution in [2.45, 2.75) is 31.9 Å². The maximum Gasteiger partial charge on any atom is 0.112 e. The molecule has 0 atom stereocenters. The van der Waals surface area contributed by atoms with Gasteiger partial charge >= 0.3 is 0 Å². The third kappa shape index (κ3) is 3.25. The largest absolute Gasteiger partial charge is 0.371 e. The van der Waals surface area contributed by atoms with Crippen molar-refractivity contribution in [1.82, 2.24) is 15.6 Å². The van der Waals surface area contributed by atoms with Crippen molar-refractivity contribution < 1.29 is 4.74 Å². The van der Waals surface area contributed by atoms with E-state index in [4.69, 9.17) is 4.74 Å². The van der Waals surface area contributed by atoms with Gasteiger partial charge in [0.2, 0.25) is 0 Å². The fraction of sp³-hybridized carbons (Fsp3) is 0.750. The van der Waals surface area contributed by atoms with E-state index < -0.39 is 0 Å². The molecule has 4 nitrogen and oxygen atoms in total. The van der Waals surface area contributed by atoms with E-state index in [0.29, 0.717) is 0 Å². The van der Waals surface area contributed by atoms with Crippen LogP contribution in [0.15, 0.2) is 11.6 Å². The lowest BCUT2D eigenvalue weighted by Gasteiger charge is -2.39. The van der Waals surface area contributed by atoms with Crippen molar-refractivity contribution in [3.63, 3.8) is 0 Å². The molecule has 1 fully saturated rings. The Bertz CT molecular complexity index is 347. The molecule has 0 saturated carbocycles. The molecule has 5 heteroatoms. The maximum atomic E-state index is 5.84. The maximum absolute atomic E-state index is 5.84. The molecule has 0 amide bonds. The number of nitrogens with one attached hydrogen (secondary N) is 2. The first kappa shape index (κ1) is 13.0. The molecule has 1 aliphatic heterocycles. The van der Waals surface area contributed by atoms with E-state index in [-0.39, 0.29) is 11.1 Å². The average molecular weight is 255 g/mol. The first-order valence-corrected chi connectivity index (χ1v) is 6.90. The number of thiazole rings is 1. The molecule has 0 spiro atoms. The number of nitrogens with zero attached hydrogens (tertiary/aromatic N) is 1. The minimum Gasteiger partial charge on any atom is -0.371 e. The first-order valence-electron chi connectivity index (χ1n) is 6.02. The van der Waals surface area contributed by atoms with Crippen LogP contribution in [0.1, 0.15) is 25.8 Å². The van der Waals surface area contributed by atoms with Gasteiger partial charge in [-0.3, -0.25) is 0 Å². The van der Waals surface area contributed by atoms with Crippen LogP contribution in [0.25, 0.3) is 0 Å². The second-order valence-corrected chi connectivity index (χ2v) is 6.19. The molecular formula is C12H21N3OS. The predicted octanol–water partition coefficient (Wildman–Crippen LogP) is 1.35. The number of ether oxygens (including phenoxy) is 1. The molecule has 17 heavy (non-hydrogen) atoms. The monoisotopic (exact) mass is 255 g/mol. The Morgan fingerprint density at radius 3 is 2.88 bits per heavy atom. The number of hydrogen-bond donors (Lipinski definition) is 2. The van der Waals surface area contributed by atoms with E-state index in [1.807, 2.05) is 11.6 Å². The molecule has 1 aromatic heterocycles. The summed E-state index contributed by atoms with van der Waals surface area (Å²) in [5.41, 5.74) is -0.0245. The normalized spacial score (nSPS) is 19.0. The minimum atomic E-state index is -0.0731. The fourth-order valence-corrected chi connectivity index (χ4v) is 2.59. The van der Waals surface area contributed by atoms with Crippen molar-refractivity contribution in [2.24, 2.45) is 0 Å². The SMILES string of the molecule is CC1(OCCNC(C)(C)c2nccs2)CNC1. The molecule has 0 unspecified atom stereocenters. The van der Waals surface area contributed by atoms with Crippen LogP contribution >= 0.6 is 11.3 Å². The van der Waals surface area contributed by atoms with Crippen LogP contribution in [0.3, 0.4) is 0 Å². The van der Waals surface area contributed by atoms with Crippen LogP contribution in [0.2, 0.25) is 0 Å². The zero-order valence-electron chi connectivity index (χ0n) is 10.7. The predicted molar refractivity (Wildman–Crippen MR) is 70.4 cm³/mol. The Hall–Kier alpha value is -0.490. The van der Waals surface area contributed by atoms with E-state index >= 15 is 0 Å². The molecule has 96 valence electrons. The lowest BCUT2D eigenvalue weighted by Crippen LogP contribution is -2.59. The zero-order chi connectivity index (χ0) is 12.4. The number of rotatable bonds is 6. The van der Waals surface area contributed by atoms with Crippen LogP contribution in [0.5, 0.6) is 0 Å². The molecule has 1 aromatic rings. The molecule has 2 N–H and O–H groups in total. The molecule has 2 heterocycles. The molecule has 2 rings (SSSR count). The van der Waals surface area contributed by atoms with Gasteiger partial charge in [0.25, 0.3) is 0 Å². The van der Waals surface area contributed by atoms with Crippen LogP contribution in [0.4, 0.5) is 0 Å². The summed E-state index contributed by atoms with van der Waals surface area (Å²) in [6.45, 7) is 9.97. The van der Waals surface area contributed by atoms with Gasteiger partial charge in [0.1, 0.15) is 5.01 Å². The zero-order valence-corrected chi connectivity index (χ0v) is 11.6. The Balaban J connectivity index is 1.71. The van der Waals surface area contributed by atoms with Gasteiger partial charge in [0, 0.05) is 31.2 Å². The van der Waals surface area contributed by atoms with Crippen molar-refractivity contribution in [3.05, 3.63) is 16.6 Å². The molecule has 1 saturated heterocycles. The summed E-state index contributed by atoms with van der Waals surface area (Å²) >= 11 is 1.68. The van der Waals surface area contributed by atoms with E-state index in [1.165, 1.54) is 0 Å². The van der Waals surface area contributed by atoms with E-state index in [1.54, 1.807) is 11.3 Å². The average Bonchev–Trinajstić information content (AvgIpc) is 2.76. The lowest BCUT2D eigenvalue weighted by molar-refractivity contribution is -0.0660. The van der Waals surface area contributed by atoms with E-state index in [0.717, 1.165) is 31.2 Å². The highest BCUT2D eigenvalue weighted by Crippen LogP contribution is 2.21. The molecule has 0 radical (unpaired) electrons. The molecule has 0 aliphatic carbocycles. The highest BCUT2D eigenvalue weighted by Gasteiger charge is 2.32. The summed E-state index contributed by atoms with van der Waals surface area (Å²) in [5, 5.41) is 9.84. The van der Waals surface area contributed by atoms with Crippen LogP contribution < -0.4 is 10.6 Å². The third-order valence-electron chi connectivity index (χ3n) is 3.08. The summed E-state index contributed by atoms with van der Waals surface area (Å²) < 4.78 is 5.84. The van der Waals surface area contributed by atoms with Crippen LogP contribution in [-0.2, 0) is 10.3 Å². The molecule has 1 aliphatic rings. The van der Waals surface area contributed by atoms with Crippen molar-refractivity contribution in [1.29, 1.82) is 0 Å². The van der Waals surface area contributed by atoms with Gasteiger partial charge in [-0.15, -0.1) is 11.3 Å². The second-order valence-electron chi connectivity index (χ2n) is 5.29. The first-order chi connectivity index (χ1) is 8.02. The Morgan fingerprint density at radius 2 is 2.35 bits per heavy atom. The Kier molecular flexibility index (Phi) is 3.82. The highest BCUT2D eigenvalue weighted by molar-refractivity contribution is 7.09. The fourth-order valence-electron chi connectivity index (χ4n) is 1.85. The quantitative estimate of drug-likeness (QED) is 0.753. The Morgan fingerprint density at radius 1 is 1.59 bits per heavy atom. The standard InChI is InChI=1S/C12H21N3OS/c1-11(2,10-14-5-7-17-10)15-4-6-16-12(3)8-13-9-12/h5,7,13,15H,4,6,8-9H2,1-3H3. The van der Waals surface area contributed by atoms with Gasteiger partial charge in [-0.25, -0.2) is 4.98 Å². The third-order valence-corrected chi connectivity index (χ3v) is 4.18. The molecular weight excluding hydrogens is 234 g/mol. The lowest BCUT2D eigenvalue weighted by atomic mass is 10.0. The van der Waals surface area contributed by atoms with Gasteiger partial charge in [-0.1, -0.05) is 0 Å². The summed E-state index contributed by atoms with van der Waals surface area (Å²) in [6, 6.07) is 0. The highest BCUT2D eigenvalue weighted by atomic mass is 32.1. The van der Waals surface area contributed by atoms with Crippen molar-refractivity contribution in [2.75, 3.05) is 26.2 Å². The second kappa shape index (κ2) is 5.02. The summed E-state index contributed by atoms with van der Waals surface area (Å²) in [4.78, 5) is 4.35. The van der Waals surface area contributed by atoms with Gasteiger partial charge in [0.05, 0.1) is 17.7 Å². The van der Waals surface area contributed by atoms with Gasteiger partial charge in [-0.05, 0) is 20.8 Å². The summed E-state index contributed by atoms with van der Waals surface area (Å²) in [5.74, 6) is 0. The Labute approximate surface area is 107 Å². The number of hydrogen-bond acceptors (Lipinski definition) is 5. The van der Waals surface area contributed by atoms with Gasteiger partial charge < -0.3 is 15.4 Å². The van der Waals surface area contributed by atoms with E-state index in [9.17, 15) is 0 Å². The smallest absolute Gasteiger partial charge is 0.112 e. The van der Waals surface area contributed by atoms with Crippen LogP contribution in [0, 0.1) is 0 Å².